The second kappa shape index (κ2) is 3.83. The number of hydrogen-bond donors (Lipinski definition) is 0. The van der Waals surface area contributed by atoms with Gasteiger partial charge in [-0.05, 0) is 36.2 Å². The molecule has 3 aliphatic rings. The summed E-state index contributed by atoms with van der Waals surface area (Å²) in [6.07, 6.45) is 8.56. The Morgan fingerprint density at radius 3 is 2.88 bits per heavy atom. The highest BCUT2D eigenvalue weighted by atomic mass is 16.5. The van der Waals surface area contributed by atoms with Crippen LogP contribution in [-0.2, 0) is 14.3 Å². The molecule has 3 rings (SSSR count). The first kappa shape index (κ1) is 10.8. The number of rotatable bonds is 3. The number of fused-ring (bicyclic) bond motifs is 5. The van der Waals surface area contributed by atoms with Crippen molar-refractivity contribution in [2.45, 2.75) is 19.3 Å². The first-order valence-electron chi connectivity index (χ1n) is 6.20. The molecule has 0 aliphatic heterocycles. The van der Waals surface area contributed by atoms with Crippen molar-refractivity contribution in [1.82, 2.24) is 0 Å². The molecule has 0 aromatic rings. The van der Waals surface area contributed by atoms with E-state index in [9.17, 15) is 9.59 Å². The van der Waals surface area contributed by atoms with Crippen LogP contribution in [0.25, 0.3) is 0 Å². The number of allylic oxidation sites excluding steroid dienone is 4. The largest absolute Gasteiger partial charge is 0.469 e. The summed E-state index contributed by atoms with van der Waals surface area (Å²) in [7, 11) is 1.38. The first-order chi connectivity index (χ1) is 8.20. The molecule has 0 saturated heterocycles. The SMILES string of the molecule is COC(=O)CCC1=CC2C3C=CC(C3)C2C1=O. The topological polar surface area (TPSA) is 43.4 Å². The fraction of sp³-hybridized carbons (Fsp3) is 0.571. The third kappa shape index (κ3) is 1.56. The lowest BCUT2D eigenvalue weighted by molar-refractivity contribution is -0.140. The van der Waals surface area contributed by atoms with Crippen LogP contribution in [0.5, 0.6) is 0 Å². The quantitative estimate of drug-likeness (QED) is 0.551. The van der Waals surface area contributed by atoms with Gasteiger partial charge in [-0.15, -0.1) is 0 Å². The van der Waals surface area contributed by atoms with E-state index in [-0.39, 0.29) is 17.7 Å². The zero-order valence-electron chi connectivity index (χ0n) is 9.89. The molecule has 0 aromatic heterocycles. The zero-order chi connectivity index (χ0) is 12.0. The summed E-state index contributed by atoms with van der Waals surface area (Å²) in [5.41, 5.74) is 0.851. The smallest absolute Gasteiger partial charge is 0.305 e. The summed E-state index contributed by atoms with van der Waals surface area (Å²) in [6, 6.07) is 0. The number of carbonyl (C=O) groups is 2. The highest BCUT2D eigenvalue weighted by Crippen LogP contribution is 2.53. The van der Waals surface area contributed by atoms with E-state index in [0.717, 1.165) is 12.0 Å². The lowest BCUT2D eigenvalue weighted by atomic mass is 9.85. The number of hydrogen-bond acceptors (Lipinski definition) is 3. The second-order valence-electron chi connectivity index (χ2n) is 5.18. The predicted molar refractivity (Wildman–Crippen MR) is 62.1 cm³/mol. The van der Waals surface area contributed by atoms with Crippen molar-refractivity contribution in [3.63, 3.8) is 0 Å². The average molecular weight is 232 g/mol. The van der Waals surface area contributed by atoms with Crippen LogP contribution >= 0.6 is 0 Å². The van der Waals surface area contributed by atoms with Crippen LogP contribution in [0.1, 0.15) is 19.3 Å². The Kier molecular flexibility index (Phi) is 2.42. The van der Waals surface area contributed by atoms with E-state index in [1.54, 1.807) is 0 Å². The van der Waals surface area contributed by atoms with E-state index in [2.05, 4.69) is 23.0 Å². The van der Waals surface area contributed by atoms with Crippen LogP contribution in [0.2, 0.25) is 0 Å². The van der Waals surface area contributed by atoms with Gasteiger partial charge in [0.15, 0.2) is 5.78 Å². The van der Waals surface area contributed by atoms with Gasteiger partial charge in [0.25, 0.3) is 0 Å². The van der Waals surface area contributed by atoms with Crippen LogP contribution in [0.3, 0.4) is 0 Å². The Morgan fingerprint density at radius 1 is 1.41 bits per heavy atom. The monoisotopic (exact) mass is 232 g/mol. The van der Waals surface area contributed by atoms with E-state index in [1.807, 2.05) is 0 Å². The minimum atomic E-state index is -0.239. The van der Waals surface area contributed by atoms with Gasteiger partial charge in [-0.2, -0.15) is 0 Å². The molecule has 0 heterocycles. The average Bonchev–Trinajstić information content (AvgIpc) is 2.99. The predicted octanol–water partition coefficient (Wildman–Crippen LogP) is 1.89. The van der Waals surface area contributed by atoms with Gasteiger partial charge in [0, 0.05) is 12.3 Å². The van der Waals surface area contributed by atoms with E-state index < -0.39 is 0 Å². The molecule has 0 spiro atoms. The van der Waals surface area contributed by atoms with Crippen molar-refractivity contribution in [3.05, 3.63) is 23.8 Å². The van der Waals surface area contributed by atoms with E-state index in [4.69, 9.17) is 0 Å². The van der Waals surface area contributed by atoms with Crippen molar-refractivity contribution in [3.8, 4) is 0 Å². The number of Topliss-reactive ketones (excluding diaryl/α,β-unsaturated/α-hetero) is 1. The third-order valence-electron chi connectivity index (χ3n) is 4.36. The maximum Gasteiger partial charge on any atom is 0.305 e. The number of ketones is 1. The third-order valence-corrected chi connectivity index (χ3v) is 4.36. The van der Waals surface area contributed by atoms with Crippen molar-refractivity contribution >= 4 is 11.8 Å². The maximum atomic E-state index is 12.2. The summed E-state index contributed by atoms with van der Waals surface area (Å²) in [4.78, 5) is 23.3. The Balaban J connectivity index is 1.70. The molecule has 17 heavy (non-hydrogen) atoms. The van der Waals surface area contributed by atoms with Crippen LogP contribution < -0.4 is 0 Å². The molecule has 1 fully saturated rings. The van der Waals surface area contributed by atoms with Gasteiger partial charge in [0.2, 0.25) is 0 Å². The summed E-state index contributed by atoms with van der Waals surface area (Å²) in [6.45, 7) is 0. The number of ether oxygens (including phenoxy) is 1. The van der Waals surface area contributed by atoms with Crippen LogP contribution in [0, 0.1) is 23.7 Å². The minimum Gasteiger partial charge on any atom is -0.469 e. The first-order valence-corrected chi connectivity index (χ1v) is 6.20. The standard InChI is InChI=1S/C14H16O3/c1-17-12(15)5-4-10-7-11-8-2-3-9(6-8)13(11)14(10)16/h2-3,7-9,11,13H,4-6H2,1H3. The fourth-order valence-corrected chi connectivity index (χ4v) is 3.53. The molecule has 0 aromatic carbocycles. The van der Waals surface area contributed by atoms with Crippen molar-refractivity contribution in [2.75, 3.05) is 7.11 Å². The molecule has 4 unspecified atom stereocenters. The Hall–Kier alpha value is -1.38. The number of carbonyl (C=O) groups excluding carboxylic acids is 2. The van der Waals surface area contributed by atoms with Gasteiger partial charge in [-0.25, -0.2) is 0 Å². The number of methoxy groups -OCH3 is 1. The molecule has 2 bridgehead atoms. The normalized spacial score (nSPS) is 37.2. The highest BCUT2D eigenvalue weighted by molar-refractivity contribution is 6.01. The maximum absolute atomic E-state index is 12.2. The van der Waals surface area contributed by atoms with Crippen LogP contribution in [0.15, 0.2) is 23.8 Å². The molecular weight excluding hydrogens is 216 g/mol. The van der Waals surface area contributed by atoms with Gasteiger partial charge in [-0.3, -0.25) is 9.59 Å². The van der Waals surface area contributed by atoms with Gasteiger partial charge >= 0.3 is 5.97 Å². The van der Waals surface area contributed by atoms with Crippen molar-refractivity contribution < 1.29 is 14.3 Å². The Bertz CT molecular complexity index is 433. The lowest BCUT2D eigenvalue weighted by Crippen LogP contribution is -2.21. The van der Waals surface area contributed by atoms with E-state index >= 15 is 0 Å². The summed E-state index contributed by atoms with van der Waals surface area (Å²) >= 11 is 0. The Labute approximate surface area is 101 Å². The summed E-state index contributed by atoms with van der Waals surface area (Å²) in [5, 5.41) is 0. The molecule has 4 atom stereocenters. The highest BCUT2D eigenvalue weighted by Gasteiger charge is 2.50. The van der Waals surface area contributed by atoms with Gasteiger partial charge in [0.05, 0.1) is 7.11 Å². The van der Waals surface area contributed by atoms with Crippen molar-refractivity contribution in [1.29, 1.82) is 0 Å². The zero-order valence-corrected chi connectivity index (χ0v) is 9.89. The molecular formula is C14H16O3. The molecule has 0 amide bonds. The van der Waals surface area contributed by atoms with Crippen LogP contribution in [0.4, 0.5) is 0 Å². The minimum absolute atomic E-state index is 0.178. The fourth-order valence-electron chi connectivity index (χ4n) is 3.53. The Morgan fingerprint density at radius 2 is 2.18 bits per heavy atom. The number of esters is 1. The van der Waals surface area contributed by atoms with Gasteiger partial charge in [-0.1, -0.05) is 18.2 Å². The molecule has 90 valence electrons. The molecule has 1 saturated carbocycles. The van der Waals surface area contributed by atoms with Gasteiger partial charge < -0.3 is 4.74 Å². The summed E-state index contributed by atoms with van der Waals surface area (Å²) in [5.74, 6) is 1.63. The summed E-state index contributed by atoms with van der Waals surface area (Å²) < 4.78 is 4.60. The molecule has 3 nitrogen and oxygen atoms in total. The van der Waals surface area contributed by atoms with E-state index in [0.29, 0.717) is 30.6 Å². The molecule has 3 aliphatic carbocycles. The second-order valence-corrected chi connectivity index (χ2v) is 5.18. The van der Waals surface area contributed by atoms with E-state index in [1.165, 1.54) is 7.11 Å². The molecule has 0 N–H and O–H groups in total. The van der Waals surface area contributed by atoms with Crippen molar-refractivity contribution in [2.24, 2.45) is 23.7 Å². The molecule has 0 radical (unpaired) electrons. The van der Waals surface area contributed by atoms with Crippen LogP contribution in [-0.4, -0.2) is 18.9 Å². The lowest BCUT2D eigenvalue weighted by Gasteiger charge is -2.17. The molecule has 3 heteroatoms. The van der Waals surface area contributed by atoms with Gasteiger partial charge in [0.1, 0.15) is 0 Å².